The van der Waals surface area contributed by atoms with Gasteiger partial charge in [-0.3, -0.25) is 0 Å². The summed E-state index contributed by atoms with van der Waals surface area (Å²) in [6.45, 7) is 4.08. The van der Waals surface area contributed by atoms with Crippen LogP contribution in [0.4, 0.5) is 0 Å². The van der Waals surface area contributed by atoms with Crippen molar-refractivity contribution in [1.82, 2.24) is 0 Å². The minimum absolute atomic E-state index is 0.155. The number of halogens is 1. The van der Waals surface area contributed by atoms with Gasteiger partial charge in [-0.15, -0.1) is 0 Å². The average Bonchev–Trinajstić information content (AvgIpc) is 2.35. The van der Waals surface area contributed by atoms with Gasteiger partial charge in [0.05, 0.1) is 4.47 Å². The second-order valence-corrected chi connectivity index (χ2v) is 6.02. The van der Waals surface area contributed by atoms with Gasteiger partial charge in [-0.2, -0.15) is 0 Å². The molecule has 1 aliphatic carbocycles. The van der Waals surface area contributed by atoms with E-state index in [-0.39, 0.29) is 5.41 Å². The molecule has 0 saturated heterocycles. The van der Waals surface area contributed by atoms with E-state index in [4.69, 9.17) is 15.2 Å². The largest absolute Gasteiger partial charge is 0.486 e. The monoisotopic (exact) mass is 311 g/mol. The van der Waals surface area contributed by atoms with Crippen molar-refractivity contribution in [3.05, 3.63) is 21.7 Å². The lowest BCUT2D eigenvalue weighted by Crippen LogP contribution is -2.42. The van der Waals surface area contributed by atoms with Crippen molar-refractivity contribution in [1.29, 1.82) is 0 Å². The third-order valence-electron chi connectivity index (χ3n) is 4.29. The van der Waals surface area contributed by atoms with Gasteiger partial charge in [0, 0.05) is 12.0 Å². The molecule has 1 aromatic carbocycles. The molecule has 2 aliphatic rings. The van der Waals surface area contributed by atoms with Crippen molar-refractivity contribution in [3.8, 4) is 11.5 Å². The Balaban J connectivity index is 2.13. The van der Waals surface area contributed by atoms with Gasteiger partial charge < -0.3 is 15.2 Å². The molecule has 1 aromatic rings. The molecule has 0 amide bonds. The van der Waals surface area contributed by atoms with Crippen LogP contribution in [0.1, 0.15) is 30.4 Å². The van der Waals surface area contributed by atoms with Crippen molar-refractivity contribution in [2.75, 3.05) is 19.8 Å². The van der Waals surface area contributed by atoms with E-state index in [0.717, 1.165) is 16.0 Å². The van der Waals surface area contributed by atoms with E-state index in [1.54, 1.807) is 0 Å². The Hall–Kier alpha value is -0.740. The van der Waals surface area contributed by atoms with Crippen LogP contribution in [0.3, 0.4) is 0 Å². The summed E-state index contributed by atoms with van der Waals surface area (Å²) in [7, 11) is 0. The van der Waals surface area contributed by atoms with Gasteiger partial charge in [-0.05, 0) is 52.9 Å². The summed E-state index contributed by atoms with van der Waals surface area (Å²) >= 11 is 3.65. The quantitative estimate of drug-likeness (QED) is 0.913. The molecule has 1 fully saturated rings. The SMILES string of the molecule is Cc1c(C2(CN)CCC2)cc2c(c1Br)OCCO2. The Kier molecular flexibility index (Phi) is 3.02. The highest BCUT2D eigenvalue weighted by atomic mass is 79.9. The van der Waals surface area contributed by atoms with E-state index in [1.165, 1.54) is 30.4 Å². The Morgan fingerprint density at radius 1 is 1.33 bits per heavy atom. The summed E-state index contributed by atoms with van der Waals surface area (Å²) in [5.74, 6) is 1.70. The zero-order chi connectivity index (χ0) is 12.8. The van der Waals surface area contributed by atoms with E-state index in [2.05, 4.69) is 28.9 Å². The summed E-state index contributed by atoms with van der Waals surface area (Å²) in [5, 5.41) is 0. The van der Waals surface area contributed by atoms with E-state index in [0.29, 0.717) is 19.8 Å². The predicted octanol–water partition coefficient (Wildman–Crippen LogP) is 2.91. The smallest absolute Gasteiger partial charge is 0.175 e. The molecule has 0 unspecified atom stereocenters. The van der Waals surface area contributed by atoms with Crippen LogP contribution in [-0.4, -0.2) is 19.8 Å². The summed E-state index contributed by atoms with van der Waals surface area (Å²) in [4.78, 5) is 0. The van der Waals surface area contributed by atoms with Crippen LogP contribution in [0.5, 0.6) is 11.5 Å². The molecule has 2 N–H and O–H groups in total. The number of hydrogen-bond donors (Lipinski definition) is 1. The van der Waals surface area contributed by atoms with Crippen molar-refractivity contribution in [2.24, 2.45) is 5.73 Å². The van der Waals surface area contributed by atoms with Crippen molar-refractivity contribution in [3.63, 3.8) is 0 Å². The van der Waals surface area contributed by atoms with Crippen LogP contribution in [0.2, 0.25) is 0 Å². The van der Waals surface area contributed by atoms with Crippen LogP contribution in [-0.2, 0) is 5.41 Å². The number of rotatable bonds is 2. The van der Waals surface area contributed by atoms with Gasteiger partial charge in [-0.25, -0.2) is 0 Å². The van der Waals surface area contributed by atoms with E-state index in [9.17, 15) is 0 Å². The third-order valence-corrected chi connectivity index (χ3v) is 5.25. The number of fused-ring (bicyclic) bond motifs is 1. The maximum Gasteiger partial charge on any atom is 0.175 e. The van der Waals surface area contributed by atoms with E-state index < -0.39 is 0 Å². The van der Waals surface area contributed by atoms with Crippen LogP contribution in [0.15, 0.2) is 10.5 Å². The number of benzene rings is 1. The molecule has 1 saturated carbocycles. The minimum atomic E-state index is 0.155. The molecule has 0 spiro atoms. The maximum atomic E-state index is 6.01. The van der Waals surface area contributed by atoms with Crippen molar-refractivity contribution in [2.45, 2.75) is 31.6 Å². The van der Waals surface area contributed by atoms with Gasteiger partial charge >= 0.3 is 0 Å². The minimum Gasteiger partial charge on any atom is -0.486 e. The third kappa shape index (κ3) is 1.66. The Bertz CT molecular complexity index is 478. The summed E-state index contributed by atoms with van der Waals surface area (Å²) < 4.78 is 12.4. The van der Waals surface area contributed by atoms with Gasteiger partial charge in [0.15, 0.2) is 11.5 Å². The van der Waals surface area contributed by atoms with Crippen molar-refractivity contribution >= 4 is 15.9 Å². The Morgan fingerprint density at radius 2 is 2.06 bits per heavy atom. The zero-order valence-electron chi connectivity index (χ0n) is 10.6. The molecule has 4 heteroatoms. The van der Waals surface area contributed by atoms with Gasteiger partial charge in [-0.1, -0.05) is 6.42 Å². The molecule has 0 atom stereocenters. The molecule has 18 heavy (non-hydrogen) atoms. The number of ether oxygens (including phenoxy) is 2. The molecule has 0 bridgehead atoms. The van der Waals surface area contributed by atoms with Crippen LogP contribution >= 0.6 is 15.9 Å². The van der Waals surface area contributed by atoms with Gasteiger partial charge in [0.25, 0.3) is 0 Å². The molecule has 0 radical (unpaired) electrons. The van der Waals surface area contributed by atoms with E-state index in [1.807, 2.05) is 0 Å². The highest BCUT2D eigenvalue weighted by molar-refractivity contribution is 9.10. The molecule has 1 aliphatic heterocycles. The lowest BCUT2D eigenvalue weighted by atomic mass is 9.63. The van der Waals surface area contributed by atoms with Gasteiger partial charge in [0.2, 0.25) is 0 Å². The number of nitrogens with two attached hydrogens (primary N) is 1. The standard InChI is InChI=1S/C14H18BrNO2/c1-9-10(14(8-16)3-2-4-14)7-11-13(12(9)15)18-6-5-17-11/h7H,2-6,8,16H2,1H3. The second kappa shape index (κ2) is 4.42. The van der Waals surface area contributed by atoms with Crippen molar-refractivity contribution < 1.29 is 9.47 Å². The molecular weight excluding hydrogens is 294 g/mol. The van der Waals surface area contributed by atoms with Crippen LogP contribution < -0.4 is 15.2 Å². The molecule has 3 nitrogen and oxygen atoms in total. The Labute approximate surface area is 116 Å². The highest BCUT2D eigenvalue weighted by Gasteiger charge is 2.40. The molecule has 3 rings (SSSR count). The average molecular weight is 312 g/mol. The normalized spacial score (nSPS) is 20.4. The van der Waals surface area contributed by atoms with Gasteiger partial charge in [0.1, 0.15) is 13.2 Å². The molecule has 1 heterocycles. The first-order valence-electron chi connectivity index (χ1n) is 6.47. The molecule has 0 aromatic heterocycles. The first kappa shape index (κ1) is 12.3. The maximum absolute atomic E-state index is 6.01. The zero-order valence-corrected chi connectivity index (χ0v) is 12.2. The number of hydrogen-bond acceptors (Lipinski definition) is 3. The molecular formula is C14H18BrNO2. The topological polar surface area (TPSA) is 44.5 Å². The fourth-order valence-corrected chi connectivity index (χ4v) is 3.50. The lowest BCUT2D eigenvalue weighted by molar-refractivity contribution is 0.168. The lowest BCUT2D eigenvalue weighted by Gasteiger charge is -2.43. The fourth-order valence-electron chi connectivity index (χ4n) is 2.98. The van der Waals surface area contributed by atoms with Crippen LogP contribution in [0, 0.1) is 6.92 Å². The Morgan fingerprint density at radius 3 is 2.67 bits per heavy atom. The first-order chi connectivity index (χ1) is 8.68. The van der Waals surface area contributed by atoms with Crippen LogP contribution in [0.25, 0.3) is 0 Å². The highest BCUT2D eigenvalue weighted by Crippen LogP contribution is 2.50. The second-order valence-electron chi connectivity index (χ2n) is 5.23. The fraction of sp³-hybridized carbons (Fsp3) is 0.571. The predicted molar refractivity (Wildman–Crippen MR) is 74.5 cm³/mol. The summed E-state index contributed by atoms with van der Waals surface area (Å²) in [6.07, 6.45) is 3.62. The first-order valence-corrected chi connectivity index (χ1v) is 7.26. The summed E-state index contributed by atoms with van der Waals surface area (Å²) in [6, 6.07) is 2.14. The van der Waals surface area contributed by atoms with E-state index >= 15 is 0 Å². The summed E-state index contributed by atoms with van der Waals surface area (Å²) in [5.41, 5.74) is 8.73. The molecule has 98 valence electrons.